The van der Waals surface area contributed by atoms with Gasteiger partial charge in [-0.25, -0.2) is 0 Å². The Kier molecular flexibility index (Phi) is 3.17. The van der Waals surface area contributed by atoms with Crippen molar-refractivity contribution in [1.29, 1.82) is 0 Å². The molecule has 88 valence electrons. The molecular weight excluding hydrogens is 200 g/mol. The predicted molar refractivity (Wildman–Crippen MR) is 65.2 cm³/mol. The fraction of sp³-hybridized carbons (Fsp3) is 0.538. The zero-order chi connectivity index (χ0) is 11.6. The fourth-order valence-electron chi connectivity index (χ4n) is 2.53. The van der Waals surface area contributed by atoms with Gasteiger partial charge in [-0.2, -0.15) is 0 Å². The third kappa shape index (κ3) is 2.54. The van der Waals surface area contributed by atoms with E-state index in [9.17, 15) is 5.11 Å². The Morgan fingerprint density at radius 2 is 2.19 bits per heavy atom. The SMILES string of the molecule is CCCC1(N)CN(Cc2cccc(O)c2)C1. The maximum absolute atomic E-state index is 9.36. The summed E-state index contributed by atoms with van der Waals surface area (Å²) in [6.07, 6.45) is 2.25. The molecule has 1 heterocycles. The maximum Gasteiger partial charge on any atom is 0.115 e. The molecule has 1 saturated heterocycles. The lowest BCUT2D eigenvalue weighted by atomic mass is 9.86. The summed E-state index contributed by atoms with van der Waals surface area (Å²) in [5.74, 6) is 0.339. The summed E-state index contributed by atoms with van der Waals surface area (Å²) in [5.41, 5.74) is 7.38. The van der Waals surface area contributed by atoms with Gasteiger partial charge in [0.15, 0.2) is 0 Å². The molecule has 3 heteroatoms. The summed E-state index contributed by atoms with van der Waals surface area (Å²) >= 11 is 0. The molecule has 1 aromatic carbocycles. The van der Waals surface area contributed by atoms with E-state index in [-0.39, 0.29) is 5.54 Å². The van der Waals surface area contributed by atoms with E-state index in [0.29, 0.717) is 5.75 Å². The average molecular weight is 220 g/mol. The Hall–Kier alpha value is -1.06. The van der Waals surface area contributed by atoms with Gasteiger partial charge >= 0.3 is 0 Å². The first kappa shape index (κ1) is 11.4. The number of aromatic hydroxyl groups is 1. The number of rotatable bonds is 4. The lowest BCUT2D eigenvalue weighted by Gasteiger charge is -2.48. The normalized spacial score (nSPS) is 19.4. The van der Waals surface area contributed by atoms with Gasteiger partial charge in [-0.3, -0.25) is 4.90 Å². The van der Waals surface area contributed by atoms with E-state index >= 15 is 0 Å². The van der Waals surface area contributed by atoms with Crippen LogP contribution in [0.5, 0.6) is 5.75 Å². The zero-order valence-electron chi connectivity index (χ0n) is 9.82. The Morgan fingerprint density at radius 3 is 2.81 bits per heavy atom. The Bertz CT molecular complexity index is 359. The largest absolute Gasteiger partial charge is 0.508 e. The van der Waals surface area contributed by atoms with Gasteiger partial charge in [0.1, 0.15) is 5.75 Å². The van der Waals surface area contributed by atoms with E-state index in [0.717, 1.165) is 38.0 Å². The zero-order valence-corrected chi connectivity index (χ0v) is 9.82. The lowest BCUT2D eigenvalue weighted by Crippen LogP contribution is -2.66. The van der Waals surface area contributed by atoms with E-state index < -0.39 is 0 Å². The Labute approximate surface area is 96.9 Å². The van der Waals surface area contributed by atoms with Crippen molar-refractivity contribution in [1.82, 2.24) is 4.90 Å². The quantitative estimate of drug-likeness (QED) is 0.812. The molecule has 2 rings (SSSR count). The van der Waals surface area contributed by atoms with E-state index in [1.54, 1.807) is 6.07 Å². The van der Waals surface area contributed by atoms with Gasteiger partial charge in [0, 0.05) is 25.2 Å². The summed E-state index contributed by atoms with van der Waals surface area (Å²) in [5, 5.41) is 9.36. The second-order valence-corrected chi connectivity index (χ2v) is 4.93. The first-order valence-electron chi connectivity index (χ1n) is 5.90. The Balaban J connectivity index is 1.85. The summed E-state index contributed by atoms with van der Waals surface area (Å²) in [6.45, 7) is 5.00. The van der Waals surface area contributed by atoms with Crippen molar-refractivity contribution < 1.29 is 5.11 Å². The van der Waals surface area contributed by atoms with Gasteiger partial charge in [-0.15, -0.1) is 0 Å². The summed E-state index contributed by atoms with van der Waals surface area (Å²) in [7, 11) is 0. The van der Waals surface area contributed by atoms with Crippen LogP contribution in [0, 0.1) is 0 Å². The lowest BCUT2D eigenvalue weighted by molar-refractivity contribution is 0.0567. The van der Waals surface area contributed by atoms with Crippen LogP contribution in [-0.2, 0) is 6.54 Å². The molecule has 0 saturated carbocycles. The molecule has 1 aromatic rings. The van der Waals surface area contributed by atoms with Crippen LogP contribution in [-0.4, -0.2) is 28.6 Å². The van der Waals surface area contributed by atoms with Crippen LogP contribution >= 0.6 is 0 Å². The van der Waals surface area contributed by atoms with Gasteiger partial charge < -0.3 is 10.8 Å². The van der Waals surface area contributed by atoms with Crippen molar-refractivity contribution in [3.63, 3.8) is 0 Å². The van der Waals surface area contributed by atoms with E-state index in [2.05, 4.69) is 11.8 Å². The van der Waals surface area contributed by atoms with Crippen LogP contribution in [0.15, 0.2) is 24.3 Å². The van der Waals surface area contributed by atoms with Crippen molar-refractivity contribution in [2.45, 2.75) is 31.8 Å². The van der Waals surface area contributed by atoms with Crippen LogP contribution < -0.4 is 5.73 Å². The molecule has 0 spiro atoms. The van der Waals surface area contributed by atoms with Crippen molar-refractivity contribution in [3.05, 3.63) is 29.8 Å². The molecule has 1 fully saturated rings. The van der Waals surface area contributed by atoms with Gasteiger partial charge in [-0.05, 0) is 24.1 Å². The molecular formula is C13H20N2O. The van der Waals surface area contributed by atoms with Gasteiger partial charge in [0.25, 0.3) is 0 Å². The monoisotopic (exact) mass is 220 g/mol. The smallest absolute Gasteiger partial charge is 0.115 e. The molecule has 0 aromatic heterocycles. The van der Waals surface area contributed by atoms with Gasteiger partial charge in [0.05, 0.1) is 0 Å². The number of likely N-dealkylation sites (tertiary alicyclic amines) is 1. The van der Waals surface area contributed by atoms with Gasteiger partial charge in [-0.1, -0.05) is 25.5 Å². The molecule has 0 atom stereocenters. The molecule has 0 aliphatic carbocycles. The summed E-state index contributed by atoms with van der Waals surface area (Å²) < 4.78 is 0. The number of benzene rings is 1. The third-order valence-corrected chi connectivity index (χ3v) is 3.14. The maximum atomic E-state index is 9.36. The first-order valence-corrected chi connectivity index (χ1v) is 5.90. The first-order chi connectivity index (χ1) is 7.61. The highest BCUT2D eigenvalue weighted by molar-refractivity contribution is 5.27. The minimum absolute atomic E-state index is 0.0333. The van der Waals surface area contributed by atoms with Crippen LogP contribution in [0.4, 0.5) is 0 Å². The van der Waals surface area contributed by atoms with Crippen LogP contribution in [0.2, 0.25) is 0 Å². The van der Waals surface area contributed by atoms with Crippen molar-refractivity contribution in [2.24, 2.45) is 5.73 Å². The van der Waals surface area contributed by atoms with E-state index in [1.807, 2.05) is 18.2 Å². The molecule has 1 aliphatic rings. The number of phenols is 1. The van der Waals surface area contributed by atoms with Crippen molar-refractivity contribution >= 4 is 0 Å². The molecule has 0 amide bonds. The number of hydrogen-bond donors (Lipinski definition) is 2. The van der Waals surface area contributed by atoms with E-state index in [4.69, 9.17) is 5.73 Å². The standard InChI is InChI=1S/C13H20N2O/c1-2-6-13(14)9-15(10-13)8-11-4-3-5-12(16)7-11/h3-5,7,16H,2,6,8-10,14H2,1H3. The highest BCUT2D eigenvalue weighted by atomic mass is 16.3. The molecule has 0 unspecified atom stereocenters. The van der Waals surface area contributed by atoms with Crippen molar-refractivity contribution in [3.8, 4) is 5.75 Å². The van der Waals surface area contributed by atoms with E-state index in [1.165, 1.54) is 0 Å². The van der Waals surface area contributed by atoms with Crippen LogP contribution in [0.25, 0.3) is 0 Å². The predicted octanol–water partition coefficient (Wildman–Crippen LogP) is 1.71. The molecule has 3 N–H and O–H groups in total. The highest BCUT2D eigenvalue weighted by Crippen LogP contribution is 2.25. The number of nitrogens with two attached hydrogens (primary N) is 1. The minimum Gasteiger partial charge on any atom is -0.508 e. The number of phenolic OH excluding ortho intramolecular Hbond substituents is 1. The third-order valence-electron chi connectivity index (χ3n) is 3.14. The molecule has 0 bridgehead atoms. The van der Waals surface area contributed by atoms with Gasteiger partial charge in [0.2, 0.25) is 0 Å². The average Bonchev–Trinajstić information content (AvgIpc) is 2.15. The second-order valence-electron chi connectivity index (χ2n) is 4.93. The number of hydrogen-bond acceptors (Lipinski definition) is 3. The number of nitrogens with zero attached hydrogens (tertiary/aromatic N) is 1. The topological polar surface area (TPSA) is 49.5 Å². The summed E-state index contributed by atoms with van der Waals surface area (Å²) in [6, 6.07) is 7.43. The van der Waals surface area contributed by atoms with Crippen LogP contribution in [0.1, 0.15) is 25.3 Å². The van der Waals surface area contributed by atoms with Crippen LogP contribution in [0.3, 0.4) is 0 Å². The molecule has 1 aliphatic heterocycles. The fourth-order valence-corrected chi connectivity index (χ4v) is 2.53. The van der Waals surface area contributed by atoms with Crippen molar-refractivity contribution in [2.75, 3.05) is 13.1 Å². The highest BCUT2D eigenvalue weighted by Gasteiger charge is 2.37. The summed E-state index contributed by atoms with van der Waals surface area (Å²) in [4.78, 5) is 2.32. The second kappa shape index (κ2) is 4.44. The molecule has 0 radical (unpaired) electrons. The molecule has 16 heavy (non-hydrogen) atoms. The Morgan fingerprint density at radius 1 is 1.44 bits per heavy atom. The molecule has 3 nitrogen and oxygen atoms in total. The minimum atomic E-state index is 0.0333.